The van der Waals surface area contributed by atoms with Crippen LogP contribution in [0.3, 0.4) is 0 Å². The van der Waals surface area contributed by atoms with Crippen LogP contribution in [0.25, 0.3) is 77.1 Å². The molecule has 0 atom stereocenters. The monoisotopic (exact) mass is 673 g/mol. The zero-order valence-corrected chi connectivity index (χ0v) is 28.7. The van der Waals surface area contributed by atoms with Crippen LogP contribution in [-0.2, 0) is 5.41 Å². The highest BCUT2D eigenvalue weighted by Crippen LogP contribution is 2.57. The number of nitrogens with zero attached hydrogens (tertiary/aromatic N) is 3. The van der Waals surface area contributed by atoms with Crippen molar-refractivity contribution in [3.05, 3.63) is 210 Å². The van der Waals surface area contributed by atoms with Gasteiger partial charge in [0.2, 0.25) is 0 Å². The van der Waals surface area contributed by atoms with Crippen molar-refractivity contribution in [1.29, 1.82) is 0 Å². The minimum Gasteiger partial charge on any atom is -0.254 e. The number of benzene rings is 7. The number of hydrogen-bond acceptors (Lipinski definition) is 3. The number of hydrogen-bond donors (Lipinski definition) is 0. The molecular weight excluding hydrogens is 643 g/mol. The van der Waals surface area contributed by atoms with Gasteiger partial charge in [-0.25, -0.2) is 9.97 Å². The fraction of sp³-hybridized carbons (Fsp3) is 0.0200. The lowest BCUT2D eigenvalue weighted by Gasteiger charge is -2.33. The molecule has 0 unspecified atom stereocenters. The quantitative estimate of drug-likeness (QED) is 0.175. The standard InChI is InChI=1S/C50H31N3/c1-3-13-34(14-4-1)50(35-15-5-2-6-16-35)42-20-10-9-19-40(42)47-41-26-29-44(52-46(41)30-27-43(47)50)38-24-25-39(37-18-8-7-17-36(37)38)45-28-23-33-22-21-32-12-11-31-51-48(32)49(33)53-45/h1-31H. The van der Waals surface area contributed by atoms with E-state index >= 15 is 0 Å². The summed E-state index contributed by atoms with van der Waals surface area (Å²) in [5, 5.41) is 5.63. The molecule has 246 valence electrons. The predicted octanol–water partition coefficient (Wildman–Crippen LogP) is 12.2. The molecule has 0 N–H and O–H groups in total. The minimum absolute atomic E-state index is 0.438. The second kappa shape index (κ2) is 11.5. The van der Waals surface area contributed by atoms with Crippen molar-refractivity contribution >= 4 is 43.5 Å². The Balaban J connectivity index is 1.09. The van der Waals surface area contributed by atoms with Crippen LogP contribution in [0.15, 0.2) is 188 Å². The van der Waals surface area contributed by atoms with Crippen LogP contribution < -0.4 is 0 Å². The molecule has 3 aromatic heterocycles. The molecule has 0 amide bonds. The molecule has 53 heavy (non-hydrogen) atoms. The molecule has 10 aromatic rings. The van der Waals surface area contributed by atoms with Gasteiger partial charge in [-0.1, -0.05) is 158 Å². The van der Waals surface area contributed by atoms with E-state index in [1.54, 1.807) is 0 Å². The third-order valence-corrected chi connectivity index (χ3v) is 11.2. The summed E-state index contributed by atoms with van der Waals surface area (Å²) in [5.41, 5.74) is 14.1. The summed E-state index contributed by atoms with van der Waals surface area (Å²) in [7, 11) is 0. The lowest BCUT2D eigenvalue weighted by molar-refractivity contribution is 0.769. The first-order chi connectivity index (χ1) is 26.3. The Morgan fingerprint density at radius 2 is 0.962 bits per heavy atom. The topological polar surface area (TPSA) is 38.7 Å². The third-order valence-electron chi connectivity index (χ3n) is 11.2. The second-order valence-electron chi connectivity index (χ2n) is 13.9. The SMILES string of the molecule is c1ccc(C2(c3ccccc3)c3ccccc3-c3c2ccc2nc(-c4ccc(-c5ccc6ccc7cccnc7c6n5)c5ccccc45)ccc32)cc1. The van der Waals surface area contributed by atoms with Crippen LogP contribution in [0.5, 0.6) is 0 Å². The van der Waals surface area contributed by atoms with Gasteiger partial charge in [0.05, 0.1) is 33.4 Å². The Morgan fingerprint density at radius 3 is 1.70 bits per heavy atom. The van der Waals surface area contributed by atoms with Crippen LogP contribution in [-0.4, -0.2) is 15.0 Å². The maximum atomic E-state index is 5.39. The third kappa shape index (κ3) is 4.31. The van der Waals surface area contributed by atoms with E-state index in [9.17, 15) is 0 Å². The van der Waals surface area contributed by atoms with Gasteiger partial charge in [-0.05, 0) is 68.4 Å². The summed E-state index contributed by atoms with van der Waals surface area (Å²) in [6.07, 6.45) is 1.84. The van der Waals surface area contributed by atoms with Crippen molar-refractivity contribution in [3.63, 3.8) is 0 Å². The van der Waals surface area contributed by atoms with Gasteiger partial charge in [0, 0.05) is 33.5 Å². The van der Waals surface area contributed by atoms with Crippen LogP contribution in [0.1, 0.15) is 22.3 Å². The normalized spacial score (nSPS) is 13.1. The molecular formula is C50H31N3. The van der Waals surface area contributed by atoms with E-state index in [2.05, 4.69) is 181 Å². The molecule has 0 spiro atoms. The smallest absolute Gasteiger partial charge is 0.0972 e. The summed E-state index contributed by atoms with van der Waals surface area (Å²) in [5.74, 6) is 0. The molecule has 0 aliphatic heterocycles. The zero-order chi connectivity index (χ0) is 34.9. The molecule has 0 radical (unpaired) electrons. The van der Waals surface area contributed by atoms with E-state index < -0.39 is 5.41 Å². The van der Waals surface area contributed by atoms with E-state index in [4.69, 9.17) is 9.97 Å². The first kappa shape index (κ1) is 29.7. The fourth-order valence-electron chi connectivity index (χ4n) is 8.91. The average Bonchev–Trinajstić information content (AvgIpc) is 3.55. The highest BCUT2D eigenvalue weighted by atomic mass is 14.8. The van der Waals surface area contributed by atoms with E-state index in [-0.39, 0.29) is 0 Å². The Kier molecular flexibility index (Phi) is 6.47. The van der Waals surface area contributed by atoms with E-state index in [1.165, 1.54) is 33.4 Å². The largest absolute Gasteiger partial charge is 0.254 e. The molecule has 1 aliphatic carbocycles. The van der Waals surface area contributed by atoms with Crippen molar-refractivity contribution in [2.45, 2.75) is 5.41 Å². The van der Waals surface area contributed by atoms with Crippen molar-refractivity contribution in [3.8, 4) is 33.6 Å². The molecule has 0 bridgehead atoms. The van der Waals surface area contributed by atoms with Gasteiger partial charge in [0.1, 0.15) is 0 Å². The van der Waals surface area contributed by atoms with E-state index in [1.807, 2.05) is 12.3 Å². The summed E-state index contributed by atoms with van der Waals surface area (Å²) in [6.45, 7) is 0. The summed E-state index contributed by atoms with van der Waals surface area (Å²) in [4.78, 5) is 15.3. The zero-order valence-electron chi connectivity index (χ0n) is 28.7. The number of pyridine rings is 3. The number of rotatable bonds is 4. The van der Waals surface area contributed by atoms with Gasteiger partial charge in [-0.15, -0.1) is 0 Å². The van der Waals surface area contributed by atoms with Gasteiger partial charge in [-0.3, -0.25) is 4.98 Å². The van der Waals surface area contributed by atoms with Crippen LogP contribution in [0, 0.1) is 0 Å². The van der Waals surface area contributed by atoms with E-state index in [0.717, 1.165) is 66.0 Å². The molecule has 0 saturated carbocycles. The van der Waals surface area contributed by atoms with Crippen molar-refractivity contribution in [1.82, 2.24) is 15.0 Å². The summed E-state index contributed by atoms with van der Waals surface area (Å²) in [6, 6.07) is 65.4. The highest BCUT2D eigenvalue weighted by molar-refractivity contribution is 6.08. The first-order valence-corrected chi connectivity index (χ1v) is 18.1. The van der Waals surface area contributed by atoms with Gasteiger partial charge in [0.15, 0.2) is 0 Å². The molecule has 0 saturated heterocycles. The predicted molar refractivity (Wildman–Crippen MR) is 218 cm³/mol. The van der Waals surface area contributed by atoms with Crippen LogP contribution in [0.4, 0.5) is 0 Å². The second-order valence-corrected chi connectivity index (χ2v) is 13.9. The molecule has 7 aromatic carbocycles. The van der Waals surface area contributed by atoms with E-state index in [0.29, 0.717) is 0 Å². The lowest BCUT2D eigenvalue weighted by atomic mass is 9.67. The van der Waals surface area contributed by atoms with Crippen molar-refractivity contribution in [2.24, 2.45) is 0 Å². The van der Waals surface area contributed by atoms with Crippen LogP contribution in [0.2, 0.25) is 0 Å². The molecule has 3 heteroatoms. The Bertz CT molecular complexity index is 3020. The highest BCUT2D eigenvalue weighted by Gasteiger charge is 2.46. The Hall–Kier alpha value is -6.97. The van der Waals surface area contributed by atoms with Gasteiger partial charge < -0.3 is 0 Å². The molecule has 11 rings (SSSR count). The molecule has 3 heterocycles. The van der Waals surface area contributed by atoms with Gasteiger partial charge in [-0.2, -0.15) is 0 Å². The molecule has 3 nitrogen and oxygen atoms in total. The summed E-state index contributed by atoms with van der Waals surface area (Å²) >= 11 is 0. The maximum Gasteiger partial charge on any atom is 0.0972 e. The van der Waals surface area contributed by atoms with Crippen molar-refractivity contribution < 1.29 is 0 Å². The summed E-state index contributed by atoms with van der Waals surface area (Å²) < 4.78 is 0. The van der Waals surface area contributed by atoms with Gasteiger partial charge >= 0.3 is 0 Å². The van der Waals surface area contributed by atoms with Crippen molar-refractivity contribution in [2.75, 3.05) is 0 Å². The number of aromatic nitrogens is 3. The van der Waals surface area contributed by atoms with Gasteiger partial charge in [0.25, 0.3) is 0 Å². The molecule has 0 fully saturated rings. The fourth-order valence-corrected chi connectivity index (χ4v) is 8.91. The molecule has 1 aliphatic rings. The lowest BCUT2D eigenvalue weighted by Crippen LogP contribution is -2.28. The Labute approximate surface area is 306 Å². The Morgan fingerprint density at radius 1 is 0.358 bits per heavy atom. The number of fused-ring (bicyclic) bond motifs is 9. The first-order valence-electron chi connectivity index (χ1n) is 18.1. The average molecular weight is 674 g/mol. The van der Waals surface area contributed by atoms with Crippen LogP contribution >= 0.6 is 0 Å². The maximum absolute atomic E-state index is 5.39. The minimum atomic E-state index is -0.438.